The molecule has 3 heterocycles. The highest BCUT2D eigenvalue weighted by molar-refractivity contribution is 7.89. The predicted molar refractivity (Wildman–Crippen MR) is 104 cm³/mol. The Hall–Kier alpha value is -1.80. The summed E-state index contributed by atoms with van der Waals surface area (Å²) in [6, 6.07) is 3.93. The average molecular weight is 407 g/mol. The Bertz CT molecular complexity index is 982. The molecule has 1 aromatic carbocycles. The molecule has 0 amide bonds. The number of nitrogens with zero attached hydrogens (tertiary/aromatic N) is 4. The van der Waals surface area contributed by atoms with E-state index < -0.39 is 15.8 Å². The standard InChI is InChI=1S/C20H27FN4O2S/c1-13-9-14(21)5-8-18(13)28(26,27)25-15-6-7-16(25)11-17(10-15)24-12-19(22-23-24)20(2,3)4/h5,8-9,12,15-17H,6-7,10-11H2,1-4H3. The van der Waals surface area contributed by atoms with Crippen molar-refractivity contribution in [3.05, 3.63) is 41.5 Å². The predicted octanol–water partition coefficient (Wildman–Crippen LogP) is 3.58. The van der Waals surface area contributed by atoms with E-state index in [9.17, 15) is 12.8 Å². The lowest BCUT2D eigenvalue weighted by molar-refractivity contribution is 0.183. The van der Waals surface area contributed by atoms with Crippen LogP contribution in [0, 0.1) is 12.7 Å². The van der Waals surface area contributed by atoms with Gasteiger partial charge in [-0.2, -0.15) is 4.31 Å². The van der Waals surface area contributed by atoms with Crippen LogP contribution in [-0.2, 0) is 15.4 Å². The summed E-state index contributed by atoms with van der Waals surface area (Å²) >= 11 is 0. The number of aromatic nitrogens is 3. The number of rotatable bonds is 3. The van der Waals surface area contributed by atoms with E-state index in [1.54, 1.807) is 11.2 Å². The van der Waals surface area contributed by atoms with E-state index in [4.69, 9.17) is 0 Å². The normalized spacial score (nSPS) is 26.0. The second-order valence-corrected chi connectivity index (χ2v) is 10.9. The molecule has 0 radical (unpaired) electrons. The first-order valence-electron chi connectivity index (χ1n) is 9.79. The molecule has 2 atom stereocenters. The monoisotopic (exact) mass is 406 g/mol. The van der Waals surface area contributed by atoms with Gasteiger partial charge < -0.3 is 0 Å². The molecule has 4 rings (SSSR count). The van der Waals surface area contributed by atoms with Crippen LogP contribution in [0.4, 0.5) is 4.39 Å². The third-order valence-electron chi connectivity index (χ3n) is 5.99. The largest absolute Gasteiger partial charge is 0.249 e. The molecule has 2 aromatic rings. The number of hydrogen-bond acceptors (Lipinski definition) is 4. The van der Waals surface area contributed by atoms with Gasteiger partial charge in [0.15, 0.2) is 0 Å². The van der Waals surface area contributed by atoms with Crippen LogP contribution in [0.15, 0.2) is 29.3 Å². The summed E-state index contributed by atoms with van der Waals surface area (Å²) in [4.78, 5) is 0.208. The van der Waals surface area contributed by atoms with Gasteiger partial charge in [-0.3, -0.25) is 0 Å². The Morgan fingerprint density at radius 2 is 1.75 bits per heavy atom. The SMILES string of the molecule is Cc1cc(F)ccc1S(=O)(=O)N1C2CCC1CC(n1cc(C(C)(C)C)nn1)C2. The second kappa shape index (κ2) is 6.62. The van der Waals surface area contributed by atoms with Crippen LogP contribution in [0.2, 0.25) is 0 Å². The molecular weight excluding hydrogens is 379 g/mol. The second-order valence-electron chi connectivity index (χ2n) is 9.09. The first-order valence-corrected chi connectivity index (χ1v) is 11.2. The average Bonchev–Trinajstić information content (AvgIpc) is 3.18. The molecule has 0 spiro atoms. The summed E-state index contributed by atoms with van der Waals surface area (Å²) in [5, 5.41) is 8.64. The molecule has 2 aliphatic rings. The van der Waals surface area contributed by atoms with Crippen LogP contribution in [-0.4, -0.2) is 39.8 Å². The maximum Gasteiger partial charge on any atom is 0.243 e. The number of aryl methyl sites for hydroxylation is 1. The number of sulfonamides is 1. The van der Waals surface area contributed by atoms with Gasteiger partial charge in [0, 0.05) is 23.7 Å². The molecular formula is C20H27FN4O2S. The minimum atomic E-state index is -3.65. The minimum absolute atomic E-state index is 0.0551. The fourth-order valence-corrected chi connectivity index (χ4v) is 6.63. The number of halogens is 1. The Morgan fingerprint density at radius 1 is 1.11 bits per heavy atom. The molecule has 2 bridgehead atoms. The fraction of sp³-hybridized carbons (Fsp3) is 0.600. The number of benzene rings is 1. The molecule has 1 aromatic heterocycles. The van der Waals surface area contributed by atoms with Crippen LogP contribution in [0.5, 0.6) is 0 Å². The summed E-state index contributed by atoms with van der Waals surface area (Å²) in [6.45, 7) is 7.95. The van der Waals surface area contributed by atoms with Crippen molar-refractivity contribution >= 4 is 10.0 Å². The molecule has 6 nitrogen and oxygen atoms in total. The zero-order valence-corrected chi connectivity index (χ0v) is 17.6. The van der Waals surface area contributed by atoms with E-state index >= 15 is 0 Å². The molecule has 2 aliphatic heterocycles. The van der Waals surface area contributed by atoms with E-state index in [0.717, 1.165) is 31.4 Å². The quantitative estimate of drug-likeness (QED) is 0.781. The van der Waals surface area contributed by atoms with E-state index in [1.807, 2.05) is 10.9 Å². The number of hydrogen-bond donors (Lipinski definition) is 0. The van der Waals surface area contributed by atoms with E-state index in [1.165, 1.54) is 18.2 Å². The van der Waals surface area contributed by atoms with Gasteiger partial charge in [-0.1, -0.05) is 26.0 Å². The molecule has 0 saturated carbocycles. The topological polar surface area (TPSA) is 68.1 Å². The summed E-state index contributed by atoms with van der Waals surface area (Å²) in [5.41, 5.74) is 1.32. The van der Waals surface area contributed by atoms with E-state index in [2.05, 4.69) is 31.1 Å². The van der Waals surface area contributed by atoms with Crippen molar-refractivity contribution < 1.29 is 12.8 Å². The van der Waals surface area contributed by atoms with Gasteiger partial charge in [-0.05, 0) is 56.4 Å². The zero-order chi connectivity index (χ0) is 20.3. The van der Waals surface area contributed by atoms with Gasteiger partial charge in [-0.15, -0.1) is 5.10 Å². The Labute approximate surface area is 165 Å². The van der Waals surface area contributed by atoms with E-state index in [-0.39, 0.29) is 28.4 Å². The van der Waals surface area contributed by atoms with Crippen molar-refractivity contribution in [3.8, 4) is 0 Å². The van der Waals surface area contributed by atoms with Crippen LogP contribution in [0.3, 0.4) is 0 Å². The van der Waals surface area contributed by atoms with Crippen molar-refractivity contribution in [2.45, 2.75) is 81.8 Å². The van der Waals surface area contributed by atoms with Gasteiger partial charge >= 0.3 is 0 Å². The summed E-state index contributed by atoms with van der Waals surface area (Å²) in [6.07, 6.45) is 5.15. The fourth-order valence-electron chi connectivity index (χ4n) is 4.53. The van der Waals surface area contributed by atoms with Gasteiger partial charge in [0.25, 0.3) is 0 Å². The van der Waals surface area contributed by atoms with Gasteiger partial charge in [0.05, 0.1) is 16.6 Å². The van der Waals surface area contributed by atoms with E-state index in [0.29, 0.717) is 5.56 Å². The Balaban J connectivity index is 1.60. The third kappa shape index (κ3) is 3.26. The van der Waals surface area contributed by atoms with Crippen LogP contribution >= 0.6 is 0 Å². The number of piperidine rings is 1. The highest BCUT2D eigenvalue weighted by Crippen LogP contribution is 2.44. The number of fused-ring (bicyclic) bond motifs is 2. The Morgan fingerprint density at radius 3 is 2.29 bits per heavy atom. The van der Waals surface area contributed by atoms with Crippen molar-refractivity contribution in [3.63, 3.8) is 0 Å². The molecule has 0 aliphatic carbocycles. The molecule has 0 N–H and O–H groups in total. The van der Waals surface area contributed by atoms with Gasteiger partial charge in [0.2, 0.25) is 10.0 Å². The maximum atomic E-state index is 13.4. The first kappa shape index (κ1) is 19.5. The Kier molecular flexibility index (Phi) is 4.62. The smallest absolute Gasteiger partial charge is 0.243 e. The zero-order valence-electron chi connectivity index (χ0n) is 16.8. The summed E-state index contributed by atoms with van der Waals surface area (Å²) < 4.78 is 43.7. The van der Waals surface area contributed by atoms with Crippen molar-refractivity contribution in [2.75, 3.05) is 0 Å². The lowest BCUT2D eigenvalue weighted by atomic mass is 9.93. The summed E-state index contributed by atoms with van der Waals surface area (Å²) in [5.74, 6) is -0.418. The van der Waals surface area contributed by atoms with Crippen molar-refractivity contribution in [1.82, 2.24) is 19.3 Å². The van der Waals surface area contributed by atoms with Gasteiger partial charge in [0.1, 0.15) is 5.82 Å². The lowest BCUT2D eigenvalue weighted by Crippen LogP contribution is -2.47. The molecule has 2 unspecified atom stereocenters. The lowest BCUT2D eigenvalue weighted by Gasteiger charge is -2.38. The molecule has 152 valence electrons. The third-order valence-corrected chi connectivity index (χ3v) is 8.15. The first-order chi connectivity index (χ1) is 13.1. The highest BCUT2D eigenvalue weighted by Gasteiger charge is 2.48. The van der Waals surface area contributed by atoms with Crippen molar-refractivity contribution in [1.29, 1.82) is 0 Å². The van der Waals surface area contributed by atoms with Crippen LogP contribution in [0.25, 0.3) is 0 Å². The summed E-state index contributed by atoms with van der Waals surface area (Å²) in [7, 11) is -3.65. The molecule has 2 saturated heterocycles. The molecule has 28 heavy (non-hydrogen) atoms. The molecule has 2 fully saturated rings. The maximum absolute atomic E-state index is 13.4. The van der Waals surface area contributed by atoms with Gasteiger partial charge in [-0.25, -0.2) is 17.5 Å². The minimum Gasteiger partial charge on any atom is -0.249 e. The van der Waals surface area contributed by atoms with Crippen LogP contribution < -0.4 is 0 Å². The van der Waals surface area contributed by atoms with Crippen molar-refractivity contribution in [2.24, 2.45) is 0 Å². The van der Waals surface area contributed by atoms with Crippen LogP contribution in [0.1, 0.15) is 63.8 Å². The molecule has 8 heteroatoms. The highest BCUT2D eigenvalue weighted by atomic mass is 32.2.